The van der Waals surface area contributed by atoms with Crippen LogP contribution < -0.4 is 4.74 Å². The summed E-state index contributed by atoms with van der Waals surface area (Å²) < 4.78 is 6.06. The molecule has 1 rings (SSSR count). The average Bonchev–Trinajstić information content (AvgIpc) is 2.20. The smallest absolute Gasteiger partial charge is 0.303 e. The number of carboxylic acids is 1. The molecule has 0 unspecified atom stereocenters. The van der Waals surface area contributed by atoms with Crippen LogP contribution in [0.15, 0.2) is 22.7 Å². The number of ether oxygens (including phenoxy) is 1. The molecule has 1 aromatic carbocycles. The van der Waals surface area contributed by atoms with Crippen LogP contribution >= 0.6 is 15.9 Å². The molecular formula is C11H13BrO3. The summed E-state index contributed by atoms with van der Waals surface area (Å²) in [6.07, 6.45) is 1.58. The second-order valence-electron chi connectivity index (χ2n) is 3.18. The maximum Gasteiger partial charge on any atom is 0.303 e. The fraction of sp³-hybridized carbons (Fsp3) is 0.364. The van der Waals surface area contributed by atoms with Crippen LogP contribution in [0.1, 0.15) is 18.4 Å². The molecule has 0 aliphatic rings. The maximum absolute atomic E-state index is 10.4. The van der Waals surface area contributed by atoms with Gasteiger partial charge in [0.2, 0.25) is 0 Å². The number of rotatable bonds is 5. The van der Waals surface area contributed by atoms with Gasteiger partial charge >= 0.3 is 5.97 Å². The molecule has 0 aliphatic carbocycles. The summed E-state index contributed by atoms with van der Waals surface area (Å²) in [5.74, 6) is 0.0249. The van der Waals surface area contributed by atoms with E-state index in [1.54, 1.807) is 7.11 Å². The Bertz CT molecular complexity index is 350. The second kappa shape index (κ2) is 5.75. The van der Waals surface area contributed by atoms with Crippen molar-refractivity contribution < 1.29 is 14.6 Å². The van der Waals surface area contributed by atoms with Crippen molar-refractivity contribution in [3.63, 3.8) is 0 Å². The lowest BCUT2D eigenvalue weighted by Gasteiger charge is -2.07. The van der Waals surface area contributed by atoms with Gasteiger partial charge in [0, 0.05) is 6.42 Å². The highest BCUT2D eigenvalue weighted by Crippen LogP contribution is 2.29. The van der Waals surface area contributed by atoms with Crippen LogP contribution in [0, 0.1) is 0 Å². The molecule has 4 heteroatoms. The highest BCUT2D eigenvalue weighted by atomic mass is 79.9. The van der Waals surface area contributed by atoms with Crippen molar-refractivity contribution in [3.8, 4) is 5.75 Å². The highest BCUT2D eigenvalue weighted by molar-refractivity contribution is 9.10. The van der Waals surface area contributed by atoms with E-state index in [1.165, 1.54) is 0 Å². The normalized spacial score (nSPS) is 10.0. The molecule has 0 spiro atoms. The number of carboxylic acid groups (broad SMARTS) is 1. The minimum Gasteiger partial charge on any atom is -0.496 e. The van der Waals surface area contributed by atoms with E-state index in [0.29, 0.717) is 6.42 Å². The molecule has 0 fully saturated rings. The molecule has 3 nitrogen and oxygen atoms in total. The quantitative estimate of drug-likeness (QED) is 0.897. The molecule has 0 heterocycles. The third-order valence-corrected chi connectivity index (χ3v) is 3.00. The summed E-state index contributed by atoms with van der Waals surface area (Å²) in [5, 5.41) is 8.53. The van der Waals surface area contributed by atoms with Gasteiger partial charge in [0.1, 0.15) is 5.75 Å². The van der Waals surface area contributed by atoms with Gasteiger partial charge in [0.25, 0.3) is 0 Å². The zero-order valence-electron chi connectivity index (χ0n) is 8.50. The molecule has 0 aromatic heterocycles. The summed E-state index contributed by atoms with van der Waals surface area (Å²) in [6, 6.07) is 5.74. The Kier molecular flexibility index (Phi) is 4.62. The standard InChI is InChI=1S/C11H13BrO3/c1-15-9-6-2-4-8(11(9)12)5-3-7-10(13)14/h2,4,6H,3,5,7H2,1H3,(H,13,14). The van der Waals surface area contributed by atoms with E-state index in [4.69, 9.17) is 9.84 Å². The van der Waals surface area contributed by atoms with Crippen LogP contribution in [0.3, 0.4) is 0 Å². The van der Waals surface area contributed by atoms with Crippen molar-refractivity contribution in [2.45, 2.75) is 19.3 Å². The van der Waals surface area contributed by atoms with E-state index in [1.807, 2.05) is 18.2 Å². The summed E-state index contributed by atoms with van der Waals surface area (Å²) in [6.45, 7) is 0. The Morgan fingerprint density at radius 3 is 2.87 bits per heavy atom. The van der Waals surface area contributed by atoms with Gasteiger partial charge in [-0.25, -0.2) is 0 Å². The Hall–Kier alpha value is -1.03. The SMILES string of the molecule is COc1cccc(CCCC(=O)O)c1Br. The van der Waals surface area contributed by atoms with Crippen molar-refractivity contribution in [1.82, 2.24) is 0 Å². The highest BCUT2D eigenvalue weighted by Gasteiger charge is 2.06. The van der Waals surface area contributed by atoms with Crippen molar-refractivity contribution in [1.29, 1.82) is 0 Å². The number of halogens is 1. The lowest BCUT2D eigenvalue weighted by Crippen LogP contribution is -1.97. The molecular weight excluding hydrogens is 260 g/mol. The molecule has 0 amide bonds. The number of hydrogen-bond donors (Lipinski definition) is 1. The molecule has 0 saturated carbocycles. The van der Waals surface area contributed by atoms with Crippen LogP contribution in [-0.2, 0) is 11.2 Å². The van der Waals surface area contributed by atoms with Gasteiger partial charge in [0.05, 0.1) is 11.6 Å². The predicted octanol–water partition coefficient (Wildman–Crippen LogP) is 2.87. The lowest BCUT2D eigenvalue weighted by molar-refractivity contribution is -0.137. The number of benzene rings is 1. The fourth-order valence-corrected chi connectivity index (χ4v) is 1.96. The first-order valence-electron chi connectivity index (χ1n) is 4.68. The Labute approximate surface area is 97.2 Å². The number of aryl methyl sites for hydroxylation is 1. The molecule has 1 N–H and O–H groups in total. The van der Waals surface area contributed by atoms with Gasteiger partial charge in [-0.15, -0.1) is 0 Å². The summed E-state index contributed by atoms with van der Waals surface area (Å²) in [7, 11) is 1.61. The summed E-state index contributed by atoms with van der Waals surface area (Å²) >= 11 is 3.44. The van der Waals surface area contributed by atoms with Crippen LogP contribution in [0.25, 0.3) is 0 Å². The van der Waals surface area contributed by atoms with E-state index in [0.717, 1.165) is 22.2 Å². The Balaban J connectivity index is 2.64. The van der Waals surface area contributed by atoms with Crippen molar-refractivity contribution in [3.05, 3.63) is 28.2 Å². The number of hydrogen-bond acceptors (Lipinski definition) is 2. The van der Waals surface area contributed by atoms with Gasteiger partial charge in [0.15, 0.2) is 0 Å². The van der Waals surface area contributed by atoms with E-state index < -0.39 is 5.97 Å². The molecule has 0 radical (unpaired) electrons. The number of aliphatic carboxylic acids is 1. The maximum atomic E-state index is 10.4. The van der Waals surface area contributed by atoms with Crippen molar-refractivity contribution >= 4 is 21.9 Å². The zero-order chi connectivity index (χ0) is 11.3. The van der Waals surface area contributed by atoms with Crippen LogP contribution in [0.2, 0.25) is 0 Å². The summed E-state index contributed by atoms with van der Waals surface area (Å²) in [4.78, 5) is 10.4. The monoisotopic (exact) mass is 272 g/mol. The number of methoxy groups -OCH3 is 1. The molecule has 0 saturated heterocycles. The van der Waals surface area contributed by atoms with Crippen LogP contribution in [0.5, 0.6) is 5.75 Å². The van der Waals surface area contributed by atoms with Crippen molar-refractivity contribution in [2.24, 2.45) is 0 Å². The summed E-state index contributed by atoms with van der Waals surface area (Å²) in [5.41, 5.74) is 1.08. The van der Waals surface area contributed by atoms with E-state index in [-0.39, 0.29) is 6.42 Å². The molecule has 0 atom stereocenters. The van der Waals surface area contributed by atoms with Crippen LogP contribution in [0.4, 0.5) is 0 Å². The fourth-order valence-electron chi connectivity index (χ4n) is 1.34. The molecule has 0 bridgehead atoms. The van der Waals surface area contributed by atoms with Crippen molar-refractivity contribution in [2.75, 3.05) is 7.11 Å². The zero-order valence-corrected chi connectivity index (χ0v) is 10.1. The third kappa shape index (κ3) is 3.55. The predicted molar refractivity (Wildman–Crippen MR) is 61.3 cm³/mol. The first-order chi connectivity index (χ1) is 7.15. The lowest BCUT2D eigenvalue weighted by atomic mass is 10.1. The molecule has 15 heavy (non-hydrogen) atoms. The third-order valence-electron chi connectivity index (χ3n) is 2.10. The molecule has 1 aromatic rings. The van der Waals surface area contributed by atoms with Gasteiger partial charge in [-0.3, -0.25) is 4.79 Å². The van der Waals surface area contributed by atoms with Gasteiger partial charge in [-0.1, -0.05) is 12.1 Å². The topological polar surface area (TPSA) is 46.5 Å². The Morgan fingerprint density at radius 2 is 2.27 bits per heavy atom. The van der Waals surface area contributed by atoms with E-state index in [2.05, 4.69) is 15.9 Å². The first kappa shape index (κ1) is 12.0. The van der Waals surface area contributed by atoms with Gasteiger partial charge in [-0.05, 0) is 40.4 Å². The number of carbonyl (C=O) groups is 1. The molecule has 0 aliphatic heterocycles. The van der Waals surface area contributed by atoms with Crippen LogP contribution in [-0.4, -0.2) is 18.2 Å². The molecule has 82 valence electrons. The largest absolute Gasteiger partial charge is 0.496 e. The average molecular weight is 273 g/mol. The second-order valence-corrected chi connectivity index (χ2v) is 3.97. The van der Waals surface area contributed by atoms with Gasteiger partial charge < -0.3 is 9.84 Å². The first-order valence-corrected chi connectivity index (χ1v) is 5.47. The van der Waals surface area contributed by atoms with E-state index in [9.17, 15) is 4.79 Å². The minimum absolute atomic E-state index is 0.198. The van der Waals surface area contributed by atoms with E-state index >= 15 is 0 Å². The van der Waals surface area contributed by atoms with Gasteiger partial charge in [-0.2, -0.15) is 0 Å². The minimum atomic E-state index is -0.756. The Morgan fingerprint density at radius 1 is 1.53 bits per heavy atom.